The predicted molar refractivity (Wildman–Crippen MR) is 53.4 cm³/mol. The number of hydrogen-bond donors (Lipinski definition) is 0. The van der Waals surface area contributed by atoms with Gasteiger partial charge in [-0.25, -0.2) is 0 Å². The maximum atomic E-state index is 11.4. The summed E-state index contributed by atoms with van der Waals surface area (Å²) in [5.41, 5.74) is 0. The van der Waals surface area contributed by atoms with Gasteiger partial charge in [0, 0.05) is 7.11 Å². The normalized spacial score (nSPS) is 48.8. The Morgan fingerprint density at radius 1 is 1.47 bits per heavy atom. The fourth-order valence-electron chi connectivity index (χ4n) is 1.79. The second kappa shape index (κ2) is 3.78. The van der Waals surface area contributed by atoms with E-state index in [1.165, 1.54) is 7.11 Å². The summed E-state index contributed by atoms with van der Waals surface area (Å²) in [6, 6.07) is 0. The van der Waals surface area contributed by atoms with Crippen LogP contribution in [0.15, 0.2) is 0 Å². The van der Waals surface area contributed by atoms with Gasteiger partial charge in [0.15, 0.2) is 18.2 Å². The first-order valence-corrected chi connectivity index (χ1v) is 5.35. The molecular weight excluding hydrogens is 268 g/mol. The molecule has 0 aromatic carbocycles. The van der Waals surface area contributed by atoms with Crippen molar-refractivity contribution in [1.29, 1.82) is 0 Å². The van der Waals surface area contributed by atoms with Crippen molar-refractivity contribution in [3.05, 3.63) is 0 Å². The molecule has 4 atom stereocenters. The summed E-state index contributed by atoms with van der Waals surface area (Å²) >= 11 is 2.75. The van der Waals surface area contributed by atoms with E-state index in [-0.39, 0.29) is 0 Å². The third kappa shape index (κ3) is 1.97. The van der Waals surface area contributed by atoms with E-state index in [1.807, 2.05) is 0 Å². The lowest BCUT2D eigenvalue weighted by molar-refractivity contribution is -0.223. The van der Waals surface area contributed by atoms with Crippen molar-refractivity contribution in [2.75, 3.05) is 7.11 Å². The highest BCUT2D eigenvalue weighted by Gasteiger charge is 2.57. The number of hydrogen-bond acceptors (Lipinski definition) is 5. The zero-order valence-electron chi connectivity index (χ0n) is 9.65. The van der Waals surface area contributed by atoms with E-state index in [0.717, 1.165) is 0 Å². The van der Waals surface area contributed by atoms with Crippen LogP contribution in [0.25, 0.3) is 0 Å². The molecule has 2 aliphatic heterocycles. The van der Waals surface area contributed by atoms with Crippen LogP contribution in [0.5, 0.6) is 0 Å². The number of fused-ring (bicyclic) bond motifs is 1. The minimum Gasteiger partial charge on any atom is -0.353 e. The van der Waals surface area contributed by atoms with Crippen molar-refractivity contribution in [2.45, 2.75) is 44.2 Å². The Morgan fingerprint density at radius 3 is 2.60 bits per heavy atom. The van der Waals surface area contributed by atoms with E-state index in [2.05, 4.69) is 15.9 Å². The maximum absolute atomic E-state index is 11.4. The summed E-state index contributed by atoms with van der Waals surface area (Å²) in [4.78, 5) is 11.4. The van der Waals surface area contributed by atoms with Crippen molar-refractivity contribution >= 4 is 20.6 Å². The summed E-state index contributed by atoms with van der Waals surface area (Å²) in [6.45, 7) is 3.44. The number of methoxy groups -OCH3 is 1. The van der Waals surface area contributed by atoms with Gasteiger partial charge in [-0.05, 0) is 29.8 Å². The summed E-state index contributed by atoms with van der Waals surface area (Å²) < 4.78 is 28.7. The smallest absolute Gasteiger partial charge is 0.229 e. The second-order valence-electron chi connectivity index (χ2n) is 3.88. The number of ether oxygens (including phenoxy) is 4. The second-order valence-corrected chi connectivity index (χ2v) is 4.60. The molecule has 15 heavy (non-hydrogen) atoms. The molecule has 0 radical (unpaired) electrons. The molecule has 2 fully saturated rings. The van der Waals surface area contributed by atoms with Crippen LogP contribution in [0, 0.1) is 0 Å². The Bertz CT molecular complexity index is 323. The largest absolute Gasteiger partial charge is 0.353 e. The molecule has 2 rings (SSSR count). The SMILES string of the molecule is [2H][C@]1(C(=O)Br)O[C@@H](OC)[C@@H]2OC(C)(C)O[C@@H]21. The molecule has 0 N–H and O–H groups in total. The van der Waals surface area contributed by atoms with Crippen LogP contribution >= 0.6 is 15.9 Å². The molecule has 2 aliphatic rings. The molecule has 0 aromatic rings. The number of rotatable bonds is 2. The molecule has 0 aliphatic carbocycles. The highest BCUT2D eigenvalue weighted by atomic mass is 79.9. The lowest BCUT2D eigenvalue weighted by Crippen LogP contribution is -2.33. The average Bonchev–Trinajstić information content (AvgIpc) is 2.61. The van der Waals surface area contributed by atoms with Crippen LogP contribution in [0.2, 0.25) is 0 Å². The van der Waals surface area contributed by atoms with Crippen molar-refractivity contribution < 1.29 is 25.1 Å². The molecule has 0 amide bonds. The van der Waals surface area contributed by atoms with Gasteiger partial charge in [-0.2, -0.15) is 0 Å². The Balaban J connectivity index is 2.31. The summed E-state index contributed by atoms with van der Waals surface area (Å²) in [6.07, 6.45) is -3.96. The maximum Gasteiger partial charge on any atom is 0.229 e. The quantitative estimate of drug-likeness (QED) is 0.701. The molecule has 86 valence electrons. The van der Waals surface area contributed by atoms with Crippen molar-refractivity contribution in [3.63, 3.8) is 0 Å². The average molecular weight is 282 g/mol. The van der Waals surface area contributed by atoms with Gasteiger partial charge in [-0.1, -0.05) is 0 Å². The van der Waals surface area contributed by atoms with Crippen LogP contribution in [0.3, 0.4) is 0 Å². The van der Waals surface area contributed by atoms with Crippen molar-refractivity contribution in [1.82, 2.24) is 0 Å². The molecule has 0 bridgehead atoms. The topological polar surface area (TPSA) is 54.0 Å². The third-order valence-corrected chi connectivity index (χ3v) is 2.72. The van der Waals surface area contributed by atoms with Crippen LogP contribution in [-0.2, 0) is 23.7 Å². The van der Waals surface area contributed by atoms with E-state index in [0.29, 0.717) is 0 Å². The zero-order valence-corrected chi connectivity index (χ0v) is 10.2. The van der Waals surface area contributed by atoms with Crippen LogP contribution < -0.4 is 0 Å². The van der Waals surface area contributed by atoms with E-state index in [1.54, 1.807) is 13.8 Å². The Morgan fingerprint density at radius 2 is 2.07 bits per heavy atom. The first-order chi connectivity index (χ1) is 7.30. The van der Waals surface area contributed by atoms with Gasteiger partial charge >= 0.3 is 0 Å². The minimum atomic E-state index is -1.82. The van der Waals surface area contributed by atoms with Crippen LogP contribution in [0.4, 0.5) is 0 Å². The van der Waals surface area contributed by atoms with E-state index >= 15 is 0 Å². The monoisotopic (exact) mass is 281 g/mol. The van der Waals surface area contributed by atoms with E-state index in [4.69, 9.17) is 20.3 Å². The van der Waals surface area contributed by atoms with Gasteiger partial charge in [0.25, 0.3) is 0 Å². The fourth-order valence-corrected chi connectivity index (χ4v) is 2.11. The van der Waals surface area contributed by atoms with Gasteiger partial charge in [0.05, 0.1) is 1.37 Å². The van der Waals surface area contributed by atoms with Gasteiger partial charge < -0.3 is 18.9 Å². The number of halogens is 1. The first-order valence-electron chi connectivity index (χ1n) is 5.06. The van der Waals surface area contributed by atoms with Crippen LogP contribution in [-0.4, -0.2) is 42.2 Å². The first kappa shape index (κ1) is 10.2. The third-order valence-electron chi connectivity index (χ3n) is 2.32. The standard InChI is InChI=1S/C9H13BrO5/c1-9(2)14-4-5(7(10)11)13-8(12-3)6(4)15-9/h4-6,8H,1-3H3/t4-,5+,6-,8-/m1/s1/i5D. The summed E-state index contributed by atoms with van der Waals surface area (Å²) in [5.74, 6) is -0.843. The summed E-state index contributed by atoms with van der Waals surface area (Å²) in [5, 5.41) is 0. The van der Waals surface area contributed by atoms with Crippen molar-refractivity contribution in [2.24, 2.45) is 0 Å². The van der Waals surface area contributed by atoms with E-state index < -0.39 is 35.1 Å². The number of carbonyl (C=O) groups is 1. The predicted octanol–water partition coefficient (Wildman–Crippen LogP) is 0.799. The van der Waals surface area contributed by atoms with Gasteiger partial charge in [-0.3, -0.25) is 4.79 Å². The highest BCUT2D eigenvalue weighted by Crippen LogP contribution is 2.39. The lowest BCUT2D eigenvalue weighted by atomic mass is 10.1. The van der Waals surface area contributed by atoms with Gasteiger partial charge in [-0.15, -0.1) is 0 Å². The highest BCUT2D eigenvalue weighted by molar-refractivity contribution is 9.18. The summed E-state index contributed by atoms with van der Waals surface area (Å²) in [7, 11) is 1.43. The molecule has 0 aromatic heterocycles. The van der Waals surface area contributed by atoms with Crippen molar-refractivity contribution in [3.8, 4) is 0 Å². The fraction of sp³-hybridized carbons (Fsp3) is 0.889. The molecule has 0 unspecified atom stereocenters. The molecule has 6 heteroatoms. The Kier molecular flexibility index (Phi) is 2.56. The minimum absolute atomic E-state index is 0.570. The number of carbonyl (C=O) groups excluding carboxylic acids is 1. The van der Waals surface area contributed by atoms with Gasteiger partial charge in [0.1, 0.15) is 12.2 Å². The molecule has 5 nitrogen and oxygen atoms in total. The van der Waals surface area contributed by atoms with E-state index in [9.17, 15) is 4.79 Å². The molecule has 0 saturated carbocycles. The Labute approximate surface area is 97.5 Å². The van der Waals surface area contributed by atoms with Crippen LogP contribution in [0.1, 0.15) is 15.2 Å². The zero-order chi connectivity index (χ0) is 12.1. The Hall–Kier alpha value is -0.0100. The molecular formula is C9H13BrO5. The molecule has 2 heterocycles. The molecule has 2 saturated heterocycles. The van der Waals surface area contributed by atoms with Gasteiger partial charge in [0.2, 0.25) is 4.69 Å². The lowest BCUT2D eigenvalue weighted by Gasteiger charge is -2.22. The molecule has 0 spiro atoms.